The average molecular weight is 451 g/mol. The second-order valence-electron chi connectivity index (χ2n) is 8.15. The van der Waals surface area contributed by atoms with Gasteiger partial charge >= 0.3 is 0 Å². The molecule has 1 fully saturated rings. The highest BCUT2D eigenvalue weighted by molar-refractivity contribution is 7.99. The lowest BCUT2D eigenvalue weighted by Crippen LogP contribution is -2.36. The van der Waals surface area contributed by atoms with Gasteiger partial charge in [-0.1, -0.05) is 30.0 Å². The fraction of sp³-hybridized carbons (Fsp3) is 0.360. The minimum absolute atomic E-state index is 0.0851. The molecule has 32 heavy (non-hydrogen) atoms. The van der Waals surface area contributed by atoms with Gasteiger partial charge in [-0.05, 0) is 54.8 Å². The van der Waals surface area contributed by atoms with Gasteiger partial charge < -0.3 is 14.5 Å². The Morgan fingerprint density at radius 3 is 2.50 bits per heavy atom. The molecule has 0 aliphatic carbocycles. The van der Waals surface area contributed by atoms with E-state index in [0.717, 1.165) is 42.7 Å². The van der Waals surface area contributed by atoms with Crippen molar-refractivity contribution in [1.82, 2.24) is 14.5 Å². The normalized spacial score (nSPS) is 13.9. The van der Waals surface area contributed by atoms with Crippen molar-refractivity contribution in [3.8, 4) is 5.69 Å². The van der Waals surface area contributed by atoms with Crippen molar-refractivity contribution in [2.45, 2.75) is 25.5 Å². The number of rotatable bonds is 7. The highest BCUT2D eigenvalue weighted by Crippen LogP contribution is 2.23. The third-order valence-electron chi connectivity index (χ3n) is 5.86. The molecule has 4 rings (SSSR count). The summed E-state index contributed by atoms with van der Waals surface area (Å²) in [7, 11) is 1.86. The Morgan fingerprint density at radius 2 is 1.78 bits per heavy atom. The van der Waals surface area contributed by atoms with Gasteiger partial charge in [0, 0.05) is 50.5 Å². The van der Waals surface area contributed by atoms with Crippen LogP contribution in [0.4, 0.5) is 5.69 Å². The summed E-state index contributed by atoms with van der Waals surface area (Å²) in [6, 6.07) is 14.8. The largest absolute Gasteiger partial charge is 0.378 e. The summed E-state index contributed by atoms with van der Waals surface area (Å²) >= 11 is 1.47. The molecule has 3 aromatic rings. The van der Waals surface area contributed by atoms with Crippen molar-refractivity contribution in [3.63, 3.8) is 0 Å². The first kappa shape index (κ1) is 22.4. The number of hydrogen-bond acceptors (Lipinski definition) is 5. The Labute approximate surface area is 194 Å². The number of morpholine rings is 1. The molecule has 0 saturated carbocycles. The van der Waals surface area contributed by atoms with Gasteiger partial charge in [-0.25, -0.2) is 4.98 Å². The van der Waals surface area contributed by atoms with Crippen LogP contribution < -0.4 is 4.90 Å². The zero-order chi connectivity index (χ0) is 22.5. The van der Waals surface area contributed by atoms with Crippen molar-refractivity contribution in [2.75, 3.05) is 44.0 Å². The predicted octanol–water partition coefficient (Wildman–Crippen LogP) is 4.08. The van der Waals surface area contributed by atoms with Crippen LogP contribution in [-0.4, -0.2) is 59.5 Å². The SMILES string of the molecule is Cc1ccc(-n2ccnc2SCC(=O)N(C)Cc2ccc(N3CCOCC3)cc2)cc1C. The number of aryl methyl sites for hydroxylation is 2. The quantitative estimate of drug-likeness (QED) is 0.508. The molecule has 1 aliphatic heterocycles. The summed E-state index contributed by atoms with van der Waals surface area (Å²) < 4.78 is 7.46. The molecule has 6 nitrogen and oxygen atoms in total. The fourth-order valence-corrected chi connectivity index (χ4v) is 4.61. The minimum atomic E-state index is 0.0851. The molecule has 0 unspecified atom stereocenters. The van der Waals surface area contributed by atoms with Crippen molar-refractivity contribution >= 4 is 23.4 Å². The van der Waals surface area contributed by atoms with Gasteiger partial charge in [0.05, 0.1) is 19.0 Å². The van der Waals surface area contributed by atoms with Crippen molar-refractivity contribution in [2.24, 2.45) is 0 Å². The summed E-state index contributed by atoms with van der Waals surface area (Å²) in [6.07, 6.45) is 3.72. The average Bonchev–Trinajstić information content (AvgIpc) is 3.29. The molecular formula is C25H30N4O2S. The van der Waals surface area contributed by atoms with Crippen molar-refractivity contribution in [1.29, 1.82) is 0 Å². The van der Waals surface area contributed by atoms with Crippen LogP contribution >= 0.6 is 11.8 Å². The number of aromatic nitrogens is 2. The van der Waals surface area contributed by atoms with Gasteiger partial charge in [0.15, 0.2) is 5.16 Å². The number of benzene rings is 2. The van der Waals surface area contributed by atoms with E-state index in [4.69, 9.17) is 4.74 Å². The zero-order valence-corrected chi connectivity index (χ0v) is 19.8. The molecule has 2 aromatic carbocycles. The maximum absolute atomic E-state index is 12.7. The first-order valence-electron chi connectivity index (χ1n) is 10.9. The van der Waals surface area contributed by atoms with Gasteiger partial charge in [0.2, 0.25) is 5.91 Å². The van der Waals surface area contributed by atoms with Crippen LogP contribution in [0.2, 0.25) is 0 Å². The molecule has 168 valence electrons. The van der Waals surface area contributed by atoms with Crippen LogP contribution in [0, 0.1) is 13.8 Å². The lowest BCUT2D eigenvalue weighted by molar-refractivity contribution is -0.127. The van der Waals surface area contributed by atoms with Gasteiger partial charge in [-0.3, -0.25) is 9.36 Å². The summed E-state index contributed by atoms with van der Waals surface area (Å²) in [6.45, 7) is 8.20. The molecule has 1 aliphatic rings. The Morgan fingerprint density at radius 1 is 1.06 bits per heavy atom. The second-order valence-corrected chi connectivity index (χ2v) is 9.10. The topological polar surface area (TPSA) is 50.6 Å². The number of carbonyl (C=O) groups excluding carboxylic acids is 1. The molecular weight excluding hydrogens is 420 g/mol. The van der Waals surface area contributed by atoms with Crippen molar-refractivity contribution in [3.05, 3.63) is 71.5 Å². The fourth-order valence-electron chi connectivity index (χ4n) is 3.70. The first-order chi connectivity index (χ1) is 15.5. The highest BCUT2D eigenvalue weighted by Gasteiger charge is 2.14. The molecule has 1 amide bonds. The Kier molecular flexibility index (Phi) is 7.17. The Bertz CT molecular complexity index is 1060. The maximum Gasteiger partial charge on any atom is 0.233 e. The van der Waals surface area contributed by atoms with Gasteiger partial charge in [-0.2, -0.15) is 0 Å². The maximum atomic E-state index is 12.7. The van der Waals surface area contributed by atoms with Gasteiger partial charge in [0.25, 0.3) is 0 Å². The number of imidazole rings is 1. The molecule has 0 N–H and O–H groups in total. The van der Waals surface area contributed by atoms with Crippen molar-refractivity contribution < 1.29 is 9.53 Å². The van der Waals surface area contributed by atoms with E-state index >= 15 is 0 Å². The number of thioether (sulfide) groups is 1. The Balaban J connectivity index is 1.33. The van der Waals surface area contributed by atoms with Crippen LogP contribution in [0.3, 0.4) is 0 Å². The third kappa shape index (κ3) is 5.34. The van der Waals surface area contributed by atoms with E-state index in [2.05, 4.69) is 66.2 Å². The first-order valence-corrected chi connectivity index (χ1v) is 11.9. The number of hydrogen-bond donors (Lipinski definition) is 0. The van der Waals surface area contributed by atoms with E-state index in [1.54, 1.807) is 11.1 Å². The summed E-state index contributed by atoms with van der Waals surface area (Å²) in [4.78, 5) is 21.3. The van der Waals surface area contributed by atoms with E-state index in [1.807, 2.05) is 17.8 Å². The van der Waals surface area contributed by atoms with Crippen LogP contribution in [-0.2, 0) is 16.1 Å². The number of amides is 1. The predicted molar refractivity (Wildman–Crippen MR) is 130 cm³/mol. The van der Waals surface area contributed by atoms with Crippen LogP contribution in [0.1, 0.15) is 16.7 Å². The summed E-state index contributed by atoms with van der Waals surface area (Å²) in [5.41, 5.74) is 5.90. The van der Waals surface area contributed by atoms with E-state index < -0.39 is 0 Å². The Hall–Kier alpha value is -2.77. The minimum Gasteiger partial charge on any atom is -0.378 e. The standard InChI is InChI=1S/C25H30N4O2S/c1-19-4-7-23(16-20(19)2)29-11-10-26-25(29)32-18-24(30)27(3)17-21-5-8-22(9-6-21)28-12-14-31-15-13-28/h4-11,16H,12-15,17-18H2,1-3H3. The lowest BCUT2D eigenvalue weighted by Gasteiger charge is -2.29. The molecule has 0 spiro atoms. The molecule has 0 bridgehead atoms. The van der Waals surface area contributed by atoms with Gasteiger partial charge in [0.1, 0.15) is 0 Å². The van der Waals surface area contributed by atoms with Crippen LogP contribution in [0.5, 0.6) is 0 Å². The molecule has 1 saturated heterocycles. The zero-order valence-electron chi connectivity index (χ0n) is 19.0. The molecule has 2 heterocycles. The smallest absolute Gasteiger partial charge is 0.233 e. The van der Waals surface area contributed by atoms with E-state index in [9.17, 15) is 4.79 Å². The van der Waals surface area contributed by atoms with Crippen LogP contribution in [0.15, 0.2) is 60.0 Å². The van der Waals surface area contributed by atoms with E-state index in [-0.39, 0.29) is 5.91 Å². The number of nitrogens with zero attached hydrogens (tertiary/aromatic N) is 4. The molecule has 0 radical (unpaired) electrons. The van der Waals surface area contributed by atoms with E-state index in [1.165, 1.54) is 28.6 Å². The summed E-state index contributed by atoms with van der Waals surface area (Å²) in [5, 5.41) is 0.824. The van der Waals surface area contributed by atoms with Gasteiger partial charge in [-0.15, -0.1) is 0 Å². The lowest BCUT2D eigenvalue weighted by atomic mass is 10.1. The molecule has 7 heteroatoms. The van der Waals surface area contributed by atoms with E-state index in [0.29, 0.717) is 12.3 Å². The van der Waals surface area contributed by atoms with Crippen LogP contribution in [0.25, 0.3) is 5.69 Å². The molecule has 0 atom stereocenters. The monoisotopic (exact) mass is 450 g/mol. The second kappa shape index (κ2) is 10.2. The number of ether oxygens (including phenoxy) is 1. The highest BCUT2D eigenvalue weighted by atomic mass is 32.2. The molecule has 1 aromatic heterocycles. The summed E-state index contributed by atoms with van der Waals surface area (Å²) in [5.74, 6) is 0.436. The number of carbonyl (C=O) groups is 1. The number of anilines is 1. The third-order valence-corrected chi connectivity index (χ3v) is 6.81.